The molecule has 0 bridgehead atoms. The van der Waals surface area contributed by atoms with E-state index in [-0.39, 0.29) is 0 Å². The highest BCUT2D eigenvalue weighted by atomic mass is 32.2. The minimum Gasteiger partial charge on any atom is -0.308 e. The molecular formula is C14H26N4S2. The van der Waals surface area contributed by atoms with E-state index in [0.29, 0.717) is 16.5 Å². The van der Waals surface area contributed by atoms with E-state index in [1.807, 2.05) is 6.20 Å². The molecule has 20 heavy (non-hydrogen) atoms. The van der Waals surface area contributed by atoms with Crippen LogP contribution in [0.1, 0.15) is 45.9 Å². The van der Waals surface area contributed by atoms with Crippen molar-refractivity contribution in [2.75, 3.05) is 12.3 Å². The van der Waals surface area contributed by atoms with E-state index in [9.17, 15) is 0 Å². The minimum absolute atomic E-state index is 0.356. The van der Waals surface area contributed by atoms with Crippen LogP contribution >= 0.6 is 23.5 Å². The summed E-state index contributed by atoms with van der Waals surface area (Å²) >= 11 is 4.21. The van der Waals surface area contributed by atoms with Crippen molar-refractivity contribution in [2.24, 2.45) is 0 Å². The van der Waals surface area contributed by atoms with Crippen molar-refractivity contribution in [3.05, 3.63) is 11.9 Å². The van der Waals surface area contributed by atoms with E-state index in [0.717, 1.165) is 24.8 Å². The molecule has 1 aromatic heterocycles. The Hall–Kier alpha value is -0.200. The zero-order valence-corrected chi connectivity index (χ0v) is 14.5. The smallest absolute Gasteiger partial charge is 0.0768 e. The maximum absolute atomic E-state index is 4.25. The first-order valence-electron chi connectivity index (χ1n) is 7.56. The fourth-order valence-electron chi connectivity index (χ4n) is 2.52. The van der Waals surface area contributed by atoms with Gasteiger partial charge in [0, 0.05) is 28.0 Å². The largest absolute Gasteiger partial charge is 0.308 e. The Bertz CT molecular complexity index is 410. The normalized spacial score (nSPS) is 28.5. The van der Waals surface area contributed by atoms with Gasteiger partial charge in [-0.1, -0.05) is 32.9 Å². The summed E-state index contributed by atoms with van der Waals surface area (Å²) in [5.41, 5.74) is 1.24. The van der Waals surface area contributed by atoms with Crippen molar-refractivity contribution in [1.29, 1.82) is 0 Å². The lowest BCUT2D eigenvalue weighted by Crippen LogP contribution is -2.38. The van der Waals surface area contributed by atoms with Crippen molar-refractivity contribution in [1.82, 2.24) is 20.3 Å². The second-order valence-corrected chi connectivity index (χ2v) is 8.37. The molecule has 0 spiro atoms. The zero-order valence-electron chi connectivity index (χ0n) is 12.9. The lowest BCUT2D eigenvalue weighted by Gasteiger charge is -2.36. The summed E-state index contributed by atoms with van der Waals surface area (Å²) in [6.07, 6.45) is 3.03. The first-order valence-corrected chi connectivity index (χ1v) is 9.55. The third-order valence-corrected chi connectivity index (χ3v) is 7.27. The number of thioether (sulfide) groups is 2. The number of hydrogen-bond acceptors (Lipinski definition) is 5. The molecule has 1 saturated heterocycles. The number of hydrogen-bond donors (Lipinski definition) is 1. The number of nitrogens with zero attached hydrogens (tertiary/aromatic N) is 3. The number of nitrogens with one attached hydrogen (secondary N) is 1. The molecule has 4 unspecified atom stereocenters. The summed E-state index contributed by atoms with van der Waals surface area (Å²) in [6, 6.07) is 0.356. The lowest BCUT2D eigenvalue weighted by molar-refractivity contribution is 0.473. The molecule has 114 valence electrons. The molecule has 0 saturated carbocycles. The minimum atomic E-state index is 0.356. The van der Waals surface area contributed by atoms with Gasteiger partial charge in [0.05, 0.1) is 17.9 Å². The van der Waals surface area contributed by atoms with Gasteiger partial charge in [-0.15, -0.1) is 5.10 Å². The van der Waals surface area contributed by atoms with E-state index in [2.05, 4.69) is 71.5 Å². The molecule has 1 aliphatic rings. The van der Waals surface area contributed by atoms with Crippen molar-refractivity contribution in [3.63, 3.8) is 0 Å². The highest BCUT2D eigenvalue weighted by Crippen LogP contribution is 2.40. The molecule has 2 heterocycles. The van der Waals surface area contributed by atoms with Gasteiger partial charge in [0.25, 0.3) is 0 Å². The number of rotatable bonds is 6. The Morgan fingerprint density at radius 1 is 1.40 bits per heavy atom. The molecule has 4 atom stereocenters. The summed E-state index contributed by atoms with van der Waals surface area (Å²) in [5, 5.41) is 14.1. The fraction of sp³-hybridized carbons (Fsp3) is 0.857. The maximum atomic E-state index is 4.25. The first-order chi connectivity index (χ1) is 9.67. The predicted octanol–water partition coefficient (Wildman–Crippen LogP) is 2.96. The highest BCUT2D eigenvalue weighted by Gasteiger charge is 2.33. The molecule has 0 radical (unpaired) electrons. The van der Waals surface area contributed by atoms with Crippen molar-refractivity contribution in [3.8, 4) is 0 Å². The van der Waals surface area contributed by atoms with E-state index in [1.165, 1.54) is 11.4 Å². The van der Waals surface area contributed by atoms with Gasteiger partial charge in [0.2, 0.25) is 0 Å². The van der Waals surface area contributed by atoms with Gasteiger partial charge in [0.1, 0.15) is 0 Å². The molecule has 1 aliphatic heterocycles. The van der Waals surface area contributed by atoms with Crippen LogP contribution < -0.4 is 5.32 Å². The van der Waals surface area contributed by atoms with Crippen LogP contribution in [0, 0.1) is 0 Å². The summed E-state index contributed by atoms with van der Waals surface area (Å²) < 4.78 is 2.07. The second-order valence-electron chi connectivity index (χ2n) is 5.34. The molecule has 0 aromatic carbocycles. The molecule has 1 aromatic rings. The molecule has 6 heteroatoms. The van der Waals surface area contributed by atoms with Gasteiger partial charge >= 0.3 is 0 Å². The van der Waals surface area contributed by atoms with Crippen LogP contribution in [-0.4, -0.2) is 43.0 Å². The first kappa shape index (κ1) is 16.2. The van der Waals surface area contributed by atoms with Crippen LogP contribution in [0.5, 0.6) is 0 Å². The van der Waals surface area contributed by atoms with Crippen LogP contribution in [0.15, 0.2) is 6.20 Å². The summed E-state index contributed by atoms with van der Waals surface area (Å²) in [6.45, 7) is 11.0. The van der Waals surface area contributed by atoms with Gasteiger partial charge < -0.3 is 5.32 Å². The van der Waals surface area contributed by atoms with E-state index < -0.39 is 0 Å². The summed E-state index contributed by atoms with van der Waals surface area (Å²) in [7, 11) is 0. The predicted molar refractivity (Wildman–Crippen MR) is 89.5 cm³/mol. The van der Waals surface area contributed by atoms with E-state index >= 15 is 0 Å². The average Bonchev–Trinajstić information content (AvgIpc) is 2.88. The van der Waals surface area contributed by atoms with Gasteiger partial charge in [-0.25, -0.2) is 4.68 Å². The Morgan fingerprint density at radius 2 is 2.20 bits per heavy atom. The fourth-order valence-corrected chi connectivity index (χ4v) is 5.62. The Balaban J connectivity index is 2.15. The van der Waals surface area contributed by atoms with Crippen molar-refractivity contribution in [2.45, 2.75) is 62.5 Å². The maximum Gasteiger partial charge on any atom is 0.0768 e. The highest BCUT2D eigenvalue weighted by molar-refractivity contribution is 8.07. The molecule has 1 N–H and O–H groups in total. The van der Waals surface area contributed by atoms with Gasteiger partial charge in [-0.2, -0.15) is 23.5 Å². The van der Waals surface area contributed by atoms with Crippen LogP contribution in [0.2, 0.25) is 0 Å². The number of aromatic nitrogens is 3. The monoisotopic (exact) mass is 314 g/mol. The summed E-state index contributed by atoms with van der Waals surface area (Å²) in [4.78, 5) is 0. The Morgan fingerprint density at radius 3 is 2.85 bits per heavy atom. The molecule has 1 fully saturated rings. The van der Waals surface area contributed by atoms with Gasteiger partial charge in [-0.3, -0.25) is 0 Å². The van der Waals surface area contributed by atoms with Gasteiger partial charge in [-0.05, 0) is 13.0 Å². The SMILES string of the molecule is CCCn1nncc1C(NCC)C1CSC(C)C(C)S1. The van der Waals surface area contributed by atoms with E-state index in [4.69, 9.17) is 0 Å². The average molecular weight is 315 g/mol. The summed E-state index contributed by atoms with van der Waals surface area (Å²) in [5.74, 6) is 1.20. The Labute approximate surface area is 130 Å². The van der Waals surface area contributed by atoms with Crippen molar-refractivity contribution >= 4 is 23.5 Å². The molecule has 0 aliphatic carbocycles. The zero-order chi connectivity index (χ0) is 14.5. The lowest BCUT2D eigenvalue weighted by atomic mass is 10.1. The van der Waals surface area contributed by atoms with Gasteiger partial charge in [0.15, 0.2) is 0 Å². The molecule has 4 nitrogen and oxygen atoms in total. The standard InChI is InChI=1S/C14H26N4S2/c1-5-7-18-12(8-16-17-18)14(15-6-2)13-9-19-10(3)11(4)20-13/h8,10-11,13-15H,5-7,9H2,1-4H3. The Kier molecular flexibility index (Phi) is 6.23. The third kappa shape index (κ3) is 3.71. The van der Waals surface area contributed by atoms with Crippen LogP contribution in [0.25, 0.3) is 0 Å². The third-order valence-electron chi connectivity index (χ3n) is 3.77. The van der Waals surface area contributed by atoms with Crippen LogP contribution in [0.4, 0.5) is 0 Å². The van der Waals surface area contributed by atoms with E-state index in [1.54, 1.807) is 0 Å². The molecule has 2 rings (SSSR count). The van der Waals surface area contributed by atoms with Crippen LogP contribution in [-0.2, 0) is 6.54 Å². The van der Waals surface area contributed by atoms with Crippen LogP contribution in [0.3, 0.4) is 0 Å². The topological polar surface area (TPSA) is 42.7 Å². The molecule has 0 amide bonds. The molecular weight excluding hydrogens is 288 g/mol. The second kappa shape index (κ2) is 7.71. The quantitative estimate of drug-likeness (QED) is 0.874. The van der Waals surface area contributed by atoms with Crippen molar-refractivity contribution < 1.29 is 0 Å². The number of aryl methyl sites for hydroxylation is 1.